The maximum absolute atomic E-state index is 11.6. The summed E-state index contributed by atoms with van der Waals surface area (Å²) in [5, 5.41) is 11.3. The van der Waals surface area contributed by atoms with Gasteiger partial charge in [-0.15, -0.1) is 0 Å². The summed E-state index contributed by atoms with van der Waals surface area (Å²) in [5.74, 6) is 0.340. The third kappa shape index (κ3) is 5.22. The van der Waals surface area contributed by atoms with E-state index in [1.807, 2.05) is 0 Å². The van der Waals surface area contributed by atoms with Crippen LogP contribution in [0.3, 0.4) is 0 Å². The van der Waals surface area contributed by atoms with E-state index in [-0.39, 0.29) is 23.1 Å². The smallest absolute Gasteiger partial charge is 0.347 e. The molecule has 0 spiro atoms. The maximum atomic E-state index is 11.6. The zero-order chi connectivity index (χ0) is 19.1. The summed E-state index contributed by atoms with van der Waals surface area (Å²) in [6.07, 6.45) is 0.672. The number of halogens is 1. The standard InChI is InChI=1S/C18H16ClNO6/c1-3-10-24-18(21)12(2)25-14-5-7-15(8-6-14)26-17-9-4-13(19)11-16(17)20(22)23/h3-9,11-12H,1,10H2,2H3. The van der Waals surface area contributed by atoms with Crippen LogP contribution >= 0.6 is 11.6 Å². The molecule has 0 fully saturated rings. The zero-order valence-corrected chi connectivity index (χ0v) is 14.6. The first-order valence-electron chi connectivity index (χ1n) is 7.56. The van der Waals surface area contributed by atoms with E-state index in [0.29, 0.717) is 11.5 Å². The van der Waals surface area contributed by atoms with Gasteiger partial charge in [-0.2, -0.15) is 0 Å². The molecule has 0 bridgehead atoms. The first-order valence-corrected chi connectivity index (χ1v) is 7.94. The molecule has 0 aliphatic carbocycles. The Morgan fingerprint density at radius 2 is 1.92 bits per heavy atom. The van der Waals surface area contributed by atoms with Crippen molar-refractivity contribution in [2.75, 3.05) is 6.61 Å². The van der Waals surface area contributed by atoms with E-state index in [9.17, 15) is 14.9 Å². The van der Waals surface area contributed by atoms with Gasteiger partial charge in [0.1, 0.15) is 18.1 Å². The summed E-state index contributed by atoms with van der Waals surface area (Å²) >= 11 is 5.77. The van der Waals surface area contributed by atoms with Crippen molar-refractivity contribution in [2.24, 2.45) is 0 Å². The second kappa shape index (κ2) is 8.87. The van der Waals surface area contributed by atoms with E-state index in [2.05, 4.69) is 6.58 Å². The van der Waals surface area contributed by atoms with Gasteiger partial charge in [-0.3, -0.25) is 10.1 Å². The molecule has 7 nitrogen and oxygen atoms in total. The number of hydrogen-bond donors (Lipinski definition) is 0. The molecule has 26 heavy (non-hydrogen) atoms. The van der Waals surface area contributed by atoms with Crippen molar-refractivity contribution in [3.8, 4) is 17.2 Å². The van der Waals surface area contributed by atoms with Crippen LogP contribution in [0.2, 0.25) is 5.02 Å². The summed E-state index contributed by atoms with van der Waals surface area (Å²) in [7, 11) is 0. The van der Waals surface area contributed by atoms with E-state index in [4.69, 9.17) is 25.8 Å². The molecule has 8 heteroatoms. The Bertz CT molecular complexity index is 806. The number of carbonyl (C=O) groups is 1. The Balaban J connectivity index is 2.05. The Morgan fingerprint density at radius 1 is 1.27 bits per heavy atom. The minimum absolute atomic E-state index is 0.0643. The van der Waals surface area contributed by atoms with Crippen LogP contribution in [-0.4, -0.2) is 23.6 Å². The number of nitrogens with zero attached hydrogens (tertiary/aromatic N) is 1. The topological polar surface area (TPSA) is 87.9 Å². The third-order valence-electron chi connectivity index (χ3n) is 3.16. The lowest BCUT2D eigenvalue weighted by Crippen LogP contribution is -2.26. The zero-order valence-electron chi connectivity index (χ0n) is 13.9. The van der Waals surface area contributed by atoms with Gasteiger partial charge in [0.05, 0.1) is 4.92 Å². The molecule has 0 saturated carbocycles. The van der Waals surface area contributed by atoms with Gasteiger partial charge in [-0.25, -0.2) is 4.79 Å². The van der Waals surface area contributed by atoms with Crippen LogP contribution < -0.4 is 9.47 Å². The molecule has 1 atom stereocenters. The number of rotatable bonds is 8. The van der Waals surface area contributed by atoms with Crippen molar-refractivity contribution >= 4 is 23.3 Å². The SMILES string of the molecule is C=CCOC(=O)C(C)Oc1ccc(Oc2ccc(Cl)cc2[N+](=O)[O-])cc1. The Labute approximate surface area is 154 Å². The van der Waals surface area contributed by atoms with Crippen molar-refractivity contribution in [3.05, 3.63) is 70.3 Å². The van der Waals surface area contributed by atoms with Gasteiger partial charge in [0.15, 0.2) is 6.10 Å². The lowest BCUT2D eigenvalue weighted by molar-refractivity contribution is -0.385. The van der Waals surface area contributed by atoms with Crippen LogP contribution in [0.25, 0.3) is 0 Å². The quantitative estimate of drug-likeness (QED) is 0.290. The van der Waals surface area contributed by atoms with E-state index in [1.54, 1.807) is 31.2 Å². The predicted octanol–water partition coefficient (Wildman–Crippen LogP) is 4.54. The van der Waals surface area contributed by atoms with Crippen LogP contribution in [0, 0.1) is 10.1 Å². The van der Waals surface area contributed by atoms with Crippen LogP contribution in [0.1, 0.15) is 6.92 Å². The van der Waals surface area contributed by atoms with Gasteiger partial charge in [-0.1, -0.05) is 24.3 Å². The van der Waals surface area contributed by atoms with Gasteiger partial charge >= 0.3 is 11.7 Å². The molecule has 0 radical (unpaired) electrons. The fourth-order valence-electron chi connectivity index (χ4n) is 1.94. The van der Waals surface area contributed by atoms with Gasteiger partial charge in [0.2, 0.25) is 5.75 Å². The van der Waals surface area contributed by atoms with Crippen LogP contribution in [0.15, 0.2) is 55.1 Å². The number of esters is 1. The second-order valence-corrected chi connectivity index (χ2v) is 5.56. The average Bonchev–Trinajstić information content (AvgIpc) is 2.62. The monoisotopic (exact) mass is 377 g/mol. The predicted molar refractivity (Wildman–Crippen MR) is 95.9 cm³/mol. The van der Waals surface area contributed by atoms with Crippen LogP contribution in [-0.2, 0) is 9.53 Å². The molecule has 0 saturated heterocycles. The van der Waals surface area contributed by atoms with Crippen LogP contribution in [0.5, 0.6) is 17.2 Å². The highest BCUT2D eigenvalue weighted by atomic mass is 35.5. The highest BCUT2D eigenvalue weighted by Gasteiger charge is 2.18. The van der Waals surface area contributed by atoms with Gasteiger partial charge in [0, 0.05) is 11.1 Å². The minimum atomic E-state index is -0.793. The molecule has 136 valence electrons. The highest BCUT2D eigenvalue weighted by Crippen LogP contribution is 2.34. The van der Waals surface area contributed by atoms with Gasteiger partial charge in [0.25, 0.3) is 0 Å². The van der Waals surface area contributed by atoms with Crippen molar-refractivity contribution in [3.63, 3.8) is 0 Å². The summed E-state index contributed by atoms with van der Waals surface area (Å²) in [6, 6.07) is 10.4. The van der Waals surface area contributed by atoms with E-state index < -0.39 is 17.0 Å². The lowest BCUT2D eigenvalue weighted by atomic mass is 10.3. The van der Waals surface area contributed by atoms with Crippen molar-refractivity contribution < 1.29 is 23.9 Å². The Morgan fingerprint density at radius 3 is 2.54 bits per heavy atom. The molecule has 2 aromatic carbocycles. The van der Waals surface area contributed by atoms with Crippen molar-refractivity contribution in [1.29, 1.82) is 0 Å². The Hall–Kier alpha value is -3.06. The van der Waals surface area contributed by atoms with Crippen molar-refractivity contribution in [2.45, 2.75) is 13.0 Å². The number of hydrogen-bond acceptors (Lipinski definition) is 6. The summed E-state index contributed by atoms with van der Waals surface area (Å²) in [4.78, 5) is 22.2. The molecule has 1 unspecified atom stereocenters. The molecule has 0 aromatic heterocycles. The van der Waals surface area contributed by atoms with E-state index in [0.717, 1.165) is 0 Å². The normalized spacial score (nSPS) is 11.3. The number of nitro groups is 1. The summed E-state index contributed by atoms with van der Waals surface area (Å²) < 4.78 is 15.9. The average molecular weight is 378 g/mol. The molecule has 0 N–H and O–H groups in total. The lowest BCUT2D eigenvalue weighted by Gasteiger charge is -2.13. The number of nitro benzene ring substituents is 1. The fraction of sp³-hybridized carbons (Fsp3) is 0.167. The first-order chi connectivity index (χ1) is 12.4. The molecule has 2 aromatic rings. The maximum Gasteiger partial charge on any atom is 0.347 e. The first kappa shape index (κ1) is 19.3. The number of ether oxygens (including phenoxy) is 3. The molecular formula is C18H16ClNO6. The fourth-order valence-corrected chi connectivity index (χ4v) is 2.11. The number of carbonyl (C=O) groups excluding carboxylic acids is 1. The highest BCUT2D eigenvalue weighted by molar-refractivity contribution is 6.30. The van der Waals surface area contributed by atoms with Gasteiger partial charge in [-0.05, 0) is 43.3 Å². The molecule has 0 aliphatic rings. The molecular weight excluding hydrogens is 362 g/mol. The Kier molecular flexibility index (Phi) is 6.57. The summed E-state index contributed by atoms with van der Waals surface area (Å²) in [6.45, 7) is 5.13. The molecule has 0 amide bonds. The van der Waals surface area contributed by atoms with Crippen LogP contribution in [0.4, 0.5) is 5.69 Å². The largest absolute Gasteiger partial charge is 0.479 e. The molecule has 0 heterocycles. The summed E-state index contributed by atoms with van der Waals surface area (Å²) in [5.41, 5.74) is -0.239. The minimum Gasteiger partial charge on any atom is -0.479 e. The van der Waals surface area contributed by atoms with Gasteiger partial charge < -0.3 is 14.2 Å². The molecule has 0 aliphatic heterocycles. The second-order valence-electron chi connectivity index (χ2n) is 5.12. The van der Waals surface area contributed by atoms with E-state index in [1.165, 1.54) is 24.3 Å². The third-order valence-corrected chi connectivity index (χ3v) is 3.39. The van der Waals surface area contributed by atoms with E-state index >= 15 is 0 Å². The van der Waals surface area contributed by atoms with Crippen molar-refractivity contribution in [1.82, 2.24) is 0 Å². The number of benzene rings is 2. The molecule has 2 rings (SSSR count).